The number of halogens is 1. The van der Waals surface area contributed by atoms with E-state index in [1.54, 1.807) is 17.0 Å². The average molecular weight is 584 g/mol. The lowest BCUT2D eigenvalue weighted by atomic mass is 9.85. The van der Waals surface area contributed by atoms with Gasteiger partial charge in [-0.15, -0.1) is 0 Å². The van der Waals surface area contributed by atoms with Crippen LogP contribution in [-0.2, 0) is 15.0 Å². The molecule has 1 unspecified atom stereocenters. The molecule has 0 saturated carbocycles. The second kappa shape index (κ2) is 13.6. The first-order valence-electron chi connectivity index (χ1n) is 14.0. The Morgan fingerprint density at radius 1 is 0.895 bits per heavy atom. The quantitative estimate of drug-likeness (QED) is 0.160. The predicted molar refractivity (Wildman–Crippen MR) is 159 cm³/mol. The number of ketones is 1. The van der Waals surface area contributed by atoms with Gasteiger partial charge in [0.05, 0.1) is 11.6 Å². The van der Waals surface area contributed by atoms with Crippen LogP contribution in [0.2, 0.25) is 0 Å². The summed E-state index contributed by atoms with van der Waals surface area (Å²) in [5.74, 6) is -1.29. The molecule has 1 amide bonds. The summed E-state index contributed by atoms with van der Waals surface area (Å²) in [5.41, 5.74) is 2.68. The molecule has 0 spiro atoms. The highest BCUT2D eigenvalue weighted by Gasteiger charge is 2.45. The number of unbranched alkanes of at least 4 members (excludes halogenated alkanes) is 2. The van der Waals surface area contributed by atoms with Crippen molar-refractivity contribution in [3.63, 3.8) is 0 Å². The van der Waals surface area contributed by atoms with Gasteiger partial charge >= 0.3 is 0 Å². The number of carbonyl (C=O) groups excluding carboxylic acids is 2. The van der Waals surface area contributed by atoms with Crippen molar-refractivity contribution in [3.05, 3.63) is 75.3 Å². The molecule has 38 heavy (non-hydrogen) atoms. The van der Waals surface area contributed by atoms with Crippen LogP contribution >= 0.6 is 15.9 Å². The van der Waals surface area contributed by atoms with Crippen molar-refractivity contribution in [2.45, 2.75) is 78.2 Å². The van der Waals surface area contributed by atoms with E-state index in [1.807, 2.05) is 24.3 Å². The van der Waals surface area contributed by atoms with Gasteiger partial charge in [0.2, 0.25) is 0 Å². The van der Waals surface area contributed by atoms with E-state index in [2.05, 4.69) is 67.6 Å². The van der Waals surface area contributed by atoms with Crippen molar-refractivity contribution in [2.24, 2.45) is 0 Å². The zero-order valence-corrected chi connectivity index (χ0v) is 25.2. The average Bonchev–Trinajstić information content (AvgIpc) is 3.14. The van der Waals surface area contributed by atoms with Crippen LogP contribution in [0.3, 0.4) is 0 Å². The summed E-state index contributed by atoms with van der Waals surface area (Å²) in [6.45, 7) is 14.3. The van der Waals surface area contributed by atoms with Gasteiger partial charge < -0.3 is 14.9 Å². The summed E-state index contributed by atoms with van der Waals surface area (Å²) >= 11 is 3.42. The molecule has 1 saturated heterocycles. The summed E-state index contributed by atoms with van der Waals surface area (Å²) in [6.07, 6.45) is 5.38. The summed E-state index contributed by atoms with van der Waals surface area (Å²) in [5, 5.41) is 11.3. The van der Waals surface area contributed by atoms with Crippen molar-refractivity contribution in [2.75, 3.05) is 26.2 Å². The molecule has 1 fully saturated rings. The van der Waals surface area contributed by atoms with Gasteiger partial charge in [0.1, 0.15) is 5.76 Å². The number of aliphatic hydroxyl groups is 1. The zero-order valence-electron chi connectivity index (χ0n) is 23.6. The lowest BCUT2D eigenvalue weighted by molar-refractivity contribution is -0.140. The Bertz CT molecular complexity index is 1110. The summed E-state index contributed by atoms with van der Waals surface area (Å²) in [4.78, 5) is 30.8. The first-order chi connectivity index (χ1) is 18.1. The number of aliphatic hydroxyl groups excluding tert-OH is 1. The Labute approximate surface area is 237 Å². The Hall–Kier alpha value is -2.44. The smallest absolute Gasteiger partial charge is 0.295 e. The third-order valence-corrected chi connectivity index (χ3v) is 7.81. The van der Waals surface area contributed by atoms with Gasteiger partial charge in [-0.3, -0.25) is 9.59 Å². The van der Waals surface area contributed by atoms with Gasteiger partial charge in [0.25, 0.3) is 11.7 Å². The SMILES string of the molecule is CCCCN(CCCC)CCCN1C(=O)C(=O)/C(=C(\O)c2ccc(Br)cc2)C1c1ccc(C(C)(C)C)cc1. The van der Waals surface area contributed by atoms with E-state index in [0.29, 0.717) is 12.1 Å². The molecule has 1 atom stereocenters. The number of carbonyl (C=O) groups is 2. The van der Waals surface area contributed by atoms with Crippen LogP contribution in [0.5, 0.6) is 0 Å². The van der Waals surface area contributed by atoms with Crippen LogP contribution in [0.15, 0.2) is 58.6 Å². The number of nitrogens with zero attached hydrogens (tertiary/aromatic N) is 2. The van der Waals surface area contributed by atoms with Gasteiger partial charge in [-0.25, -0.2) is 0 Å². The van der Waals surface area contributed by atoms with E-state index < -0.39 is 17.7 Å². The van der Waals surface area contributed by atoms with Crippen molar-refractivity contribution in [3.8, 4) is 0 Å². The molecule has 1 aliphatic heterocycles. The molecule has 5 nitrogen and oxygen atoms in total. The molecule has 0 aromatic heterocycles. The van der Waals surface area contributed by atoms with Crippen molar-refractivity contribution in [1.29, 1.82) is 0 Å². The highest BCUT2D eigenvalue weighted by atomic mass is 79.9. The molecule has 6 heteroatoms. The molecule has 1 N–H and O–H groups in total. The maximum absolute atomic E-state index is 13.4. The minimum Gasteiger partial charge on any atom is -0.507 e. The molecule has 206 valence electrons. The standard InChI is InChI=1S/C32H43BrN2O3/c1-6-8-19-34(20-9-7-2)21-10-22-35-28(23-11-15-25(16-12-23)32(3,4)5)27(30(37)31(35)38)29(36)24-13-17-26(33)18-14-24/h11-18,28,36H,6-10,19-22H2,1-5H3/b29-27-. The number of hydrogen-bond donors (Lipinski definition) is 1. The van der Waals surface area contributed by atoms with E-state index in [-0.39, 0.29) is 16.7 Å². The van der Waals surface area contributed by atoms with Crippen LogP contribution in [0.4, 0.5) is 0 Å². The van der Waals surface area contributed by atoms with E-state index in [0.717, 1.165) is 61.8 Å². The van der Waals surface area contributed by atoms with Crippen molar-refractivity contribution in [1.82, 2.24) is 9.80 Å². The number of likely N-dealkylation sites (tertiary alicyclic amines) is 1. The Kier molecular flexibility index (Phi) is 10.8. The predicted octanol–water partition coefficient (Wildman–Crippen LogP) is 7.46. The first-order valence-corrected chi connectivity index (χ1v) is 14.7. The fourth-order valence-electron chi connectivity index (χ4n) is 4.95. The molecular weight excluding hydrogens is 540 g/mol. The first kappa shape index (κ1) is 30.1. The normalized spacial score (nSPS) is 17.6. The summed E-state index contributed by atoms with van der Waals surface area (Å²) < 4.78 is 0.875. The van der Waals surface area contributed by atoms with Crippen molar-refractivity contribution >= 4 is 33.4 Å². The lowest BCUT2D eigenvalue weighted by Crippen LogP contribution is -2.34. The number of rotatable bonds is 12. The molecular formula is C32H43BrN2O3. The highest BCUT2D eigenvalue weighted by molar-refractivity contribution is 9.10. The third kappa shape index (κ3) is 7.35. The number of benzene rings is 2. The third-order valence-electron chi connectivity index (χ3n) is 7.28. The molecule has 1 aliphatic rings. The van der Waals surface area contributed by atoms with Crippen LogP contribution in [0.25, 0.3) is 5.76 Å². The zero-order chi connectivity index (χ0) is 27.9. The summed E-state index contributed by atoms with van der Waals surface area (Å²) in [7, 11) is 0. The second-order valence-corrected chi connectivity index (χ2v) is 12.2. The van der Waals surface area contributed by atoms with E-state index in [4.69, 9.17) is 0 Å². The Morgan fingerprint density at radius 2 is 1.45 bits per heavy atom. The van der Waals surface area contributed by atoms with Gasteiger partial charge in [0.15, 0.2) is 0 Å². The van der Waals surface area contributed by atoms with Crippen LogP contribution < -0.4 is 0 Å². The lowest BCUT2D eigenvalue weighted by Gasteiger charge is -2.28. The van der Waals surface area contributed by atoms with Crippen LogP contribution in [-0.4, -0.2) is 52.8 Å². The number of amides is 1. The van der Waals surface area contributed by atoms with E-state index in [1.165, 1.54) is 5.56 Å². The topological polar surface area (TPSA) is 60.9 Å². The molecule has 1 heterocycles. The minimum absolute atomic E-state index is 0.0157. The fourth-order valence-corrected chi connectivity index (χ4v) is 5.21. The van der Waals surface area contributed by atoms with E-state index in [9.17, 15) is 14.7 Å². The largest absolute Gasteiger partial charge is 0.507 e. The van der Waals surface area contributed by atoms with Crippen LogP contribution in [0.1, 0.15) is 89.5 Å². The second-order valence-electron chi connectivity index (χ2n) is 11.3. The molecule has 2 aromatic rings. The minimum atomic E-state index is -0.621. The van der Waals surface area contributed by atoms with Gasteiger partial charge in [0, 0.05) is 16.6 Å². The molecule has 3 rings (SSSR count). The van der Waals surface area contributed by atoms with Gasteiger partial charge in [-0.05, 0) is 67.6 Å². The molecule has 0 radical (unpaired) electrons. The molecule has 2 aromatic carbocycles. The monoisotopic (exact) mass is 582 g/mol. The maximum Gasteiger partial charge on any atom is 0.295 e. The number of Topliss-reactive ketones (excluding diaryl/α,β-unsaturated/α-hetero) is 1. The maximum atomic E-state index is 13.4. The van der Waals surface area contributed by atoms with Crippen LogP contribution in [0, 0.1) is 0 Å². The molecule has 0 aliphatic carbocycles. The van der Waals surface area contributed by atoms with Crippen molar-refractivity contribution < 1.29 is 14.7 Å². The Balaban J connectivity index is 1.95. The van der Waals surface area contributed by atoms with Gasteiger partial charge in [-0.2, -0.15) is 0 Å². The summed E-state index contributed by atoms with van der Waals surface area (Å²) in [6, 6.07) is 14.6. The van der Waals surface area contributed by atoms with E-state index >= 15 is 0 Å². The fraction of sp³-hybridized carbons (Fsp3) is 0.500. The molecule has 0 bridgehead atoms. The number of hydrogen-bond acceptors (Lipinski definition) is 4. The highest BCUT2D eigenvalue weighted by Crippen LogP contribution is 2.40. The Morgan fingerprint density at radius 3 is 1.97 bits per heavy atom. The van der Waals surface area contributed by atoms with Gasteiger partial charge in [-0.1, -0.05) is 99.8 Å².